The molecule has 1 unspecified atom stereocenters. The second-order valence-corrected chi connectivity index (χ2v) is 6.27. The lowest BCUT2D eigenvalue weighted by Gasteiger charge is -2.35. The molecular weight excluding hydrogens is 272 g/mol. The van der Waals surface area contributed by atoms with Crippen LogP contribution in [0, 0.1) is 11.8 Å². The summed E-state index contributed by atoms with van der Waals surface area (Å²) < 4.78 is 0. The van der Waals surface area contributed by atoms with Crippen molar-refractivity contribution in [3.63, 3.8) is 0 Å². The van der Waals surface area contributed by atoms with Gasteiger partial charge in [0.25, 0.3) is 0 Å². The molecule has 2 fully saturated rings. The third kappa shape index (κ3) is 4.33. The number of piperidine rings is 1. The van der Waals surface area contributed by atoms with Crippen molar-refractivity contribution in [2.75, 3.05) is 19.7 Å². The van der Waals surface area contributed by atoms with Crippen LogP contribution in [0.15, 0.2) is 0 Å². The second-order valence-electron chi connectivity index (χ2n) is 6.27. The second kappa shape index (κ2) is 7.64. The highest BCUT2D eigenvalue weighted by atomic mass is 16.4. The highest BCUT2D eigenvalue weighted by molar-refractivity contribution is 5.74. The van der Waals surface area contributed by atoms with Crippen LogP contribution in [0.25, 0.3) is 0 Å². The summed E-state index contributed by atoms with van der Waals surface area (Å²) in [6.45, 7) is 1.35. The van der Waals surface area contributed by atoms with Gasteiger partial charge < -0.3 is 20.4 Å². The van der Waals surface area contributed by atoms with Crippen LogP contribution in [0.1, 0.15) is 44.9 Å². The zero-order valence-corrected chi connectivity index (χ0v) is 12.5. The monoisotopic (exact) mass is 298 g/mol. The summed E-state index contributed by atoms with van der Waals surface area (Å²) in [7, 11) is 0. The lowest BCUT2D eigenvalue weighted by Crippen LogP contribution is -2.51. The number of rotatable bonds is 4. The molecule has 1 aliphatic heterocycles. The summed E-state index contributed by atoms with van der Waals surface area (Å²) >= 11 is 0. The molecule has 0 aromatic heterocycles. The Morgan fingerprint density at radius 2 is 1.81 bits per heavy atom. The van der Waals surface area contributed by atoms with Gasteiger partial charge in [0.15, 0.2) is 0 Å². The van der Waals surface area contributed by atoms with E-state index < -0.39 is 5.97 Å². The van der Waals surface area contributed by atoms with Crippen LogP contribution in [-0.4, -0.2) is 52.9 Å². The molecule has 1 aliphatic carbocycles. The van der Waals surface area contributed by atoms with E-state index in [4.69, 9.17) is 5.11 Å². The maximum Gasteiger partial charge on any atom is 0.317 e. The summed E-state index contributed by atoms with van der Waals surface area (Å²) in [6.07, 6.45) is 6.06. The first-order chi connectivity index (χ1) is 10.1. The lowest BCUT2D eigenvalue weighted by atomic mass is 9.82. The normalized spacial score (nSPS) is 30.0. The molecule has 0 bridgehead atoms. The number of aliphatic hydroxyl groups excluding tert-OH is 1. The van der Waals surface area contributed by atoms with Crippen LogP contribution in [0.3, 0.4) is 0 Å². The molecule has 0 spiro atoms. The molecular formula is C15H26N2O4. The summed E-state index contributed by atoms with van der Waals surface area (Å²) in [5.74, 6) is -0.531. The fourth-order valence-electron chi connectivity index (χ4n) is 3.40. The van der Waals surface area contributed by atoms with Crippen molar-refractivity contribution >= 4 is 12.0 Å². The fraction of sp³-hybridized carbons (Fsp3) is 0.867. The van der Waals surface area contributed by atoms with E-state index in [2.05, 4.69) is 5.32 Å². The number of urea groups is 1. The number of nitrogens with zero attached hydrogens (tertiary/aromatic N) is 1. The number of carbonyl (C=O) groups is 2. The van der Waals surface area contributed by atoms with Crippen molar-refractivity contribution in [1.82, 2.24) is 10.2 Å². The smallest absolute Gasteiger partial charge is 0.317 e. The molecule has 2 rings (SSSR count). The highest BCUT2D eigenvalue weighted by Gasteiger charge is 2.28. The molecule has 6 nitrogen and oxygen atoms in total. The van der Waals surface area contributed by atoms with E-state index >= 15 is 0 Å². The average molecular weight is 298 g/mol. The number of amides is 2. The molecule has 0 aromatic carbocycles. The Balaban J connectivity index is 1.73. The molecule has 6 heteroatoms. The molecule has 120 valence electrons. The Bertz CT molecular complexity index is 367. The number of carboxylic acid groups (broad SMARTS) is 1. The van der Waals surface area contributed by atoms with E-state index in [1.165, 1.54) is 0 Å². The zero-order chi connectivity index (χ0) is 15.2. The Kier molecular flexibility index (Phi) is 5.85. The van der Waals surface area contributed by atoms with Gasteiger partial charge in [0.2, 0.25) is 0 Å². The molecule has 1 atom stereocenters. The molecule has 3 N–H and O–H groups in total. The number of carboxylic acids is 1. The number of hydrogen-bond acceptors (Lipinski definition) is 3. The van der Waals surface area contributed by atoms with Gasteiger partial charge in [-0.15, -0.1) is 0 Å². The van der Waals surface area contributed by atoms with Crippen LogP contribution in [0.2, 0.25) is 0 Å². The van der Waals surface area contributed by atoms with E-state index in [-0.39, 0.29) is 24.6 Å². The standard InChI is InChI=1S/C15H26N2O4/c18-10-13-3-1-2-8-17(13)15(21)16-9-11-4-6-12(7-5-11)14(19)20/h11-13,18H,1-10H2,(H,16,21)(H,19,20). The SMILES string of the molecule is O=C(O)C1CCC(CNC(=O)N2CCCCC2CO)CC1. The van der Waals surface area contributed by atoms with Crippen LogP contribution < -0.4 is 5.32 Å². The summed E-state index contributed by atoms with van der Waals surface area (Å²) in [5, 5.41) is 21.3. The van der Waals surface area contributed by atoms with E-state index in [9.17, 15) is 14.7 Å². The maximum atomic E-state index is 12.2. The van der Waals surface area contributed by atoms with Crippen molar-refractivity contribution in [2.45, 2.75) is 51.0 Å². The van der Waals surface area contributed by atoms with Gasteiger partial charge in [0.05, 0.1) is 18.6 Å². The third-order valence-corrected chi connectivity index (χ3v) is 4.84. The number of nitrogens with one attached hydrogen (secondary N) is 1. The quantitative estimate of drug-likeness (QED) is 0.732. The van der Waals surface area contributed by atoms with Crippen molar-refractivity contribution in [3.05, 3.63) is 0 Å². The molecule has 1 heterocycles. The van der Waals surface area contributed by atoms with Crippen LogP contribution >= 0.6 is 0 Å². The summed E-state index contributed by atoms with van der Waals surface area (Å²) in [6, 6.07) is -0.143. The maximum absolute atomic E-state index is 12.2. The first-order valence-electron chi connectivity index (χ1n) is 8.00. The van der Waals surface area contributed by atoms with Crippen LogP contribution in [0.5, 0.6) is 0 Å². The first kappa shape index (κ1) is 16.1. The minimum Gasteiger partial charge on any atom is -0.481 e. The third-order valence-electron chi connectivity index (χ3n) is 4.84. The Morgan fingerprint density at radius 3 is 2.43 bits per heavy atom. The van der Waals surface area contributed by atoms with Gasteiger partial charge in [-0.25, -0.2) is 4.79 Å². The van der Waals surface area contributed by atoms with E-state index in [1.807, 2.05) is 0 Å². The Hall–Kier alpha value is -1.30. The van der Waals surface area contributed by atoms with Gasteiger partial charge in [-0.3, -0.25) is 4.79 Å². The molecule has 1 saturated heterocycles. The summed E-state index contributed by atoms with van der Waals surface area (Å²) in [4.78, 5) is 24.8. The molecule has 2 aliphatic rings. The topological polar surface area (TPSA) is 89.9 Å². The predicted molar refractivity (Wildman–Crippen MR) is 77.9 cm³/mol. The lowest BCUT2D eigenvalue weighted by molar-refractivity contribution is -0.143. The minimum atomic E-state index is -0.698. The summed E-state index contributed by atoms with van der Waals surface area (Å²) in [5.41, 5.74) is 0. The molecule has 0 aromatic rings. The van der Waals surface area contributed by atoms with Crippen LogP contribution in [-0.2, 0) is 4.79 Å². The average Bonchev–Trinajstić information content (AvgIpc) is 2.52. The van der Waals surface area contributed by atoms with E-state index in [0.717, 1.165) is 32.1 Å². The van der Waals surface area contributed by atoms with Gasteiger partial charge in [0, 0.05) is 13.1 Å². The molecule has 2 amide bonds. The number of aliphatic carboxylic acids is 1. The fourth-order valence-corrected chi connectivity index (χ4v) is 3.40. The first-order valence-corrected chi connectivity index (χ1v) is 8.00. The van der Waals surface area contributed by atoms with Gasteiger partial charge in [0.1, 0.15) is 0 Å². The van der Waals surface area contributed by atoms with Gasteiger partial charge in [-0.05, 0) is 50.9 Å². The number of likely N-dealkylation sites (tertiary alicyclic amines) is 1. The molecule has 21 heavy (non-hydrogen) atoms. The number of carbonyl (C=O) groups excluding carboxylic acids is 1. The zero-order valence-electron chi connectivity index (χ0n) is 12.5. The van der Waals surface area contributed by atoms with Crippen molar-refractivity contribution < 1.29 is 19.8 Å². The van der Waals surface area contributed by atoms with Crippen molar-refractivity contribution in [1.29, 1.82) is 0 Å². The molecule has 0 radical (unpaired) electrons. The van der Waals surface area contributed by atoms with Crippen LogP contribution in [0.4, 0.5) is 4.79 Å². The van der Waals surface area contributed by atoms with E-state index in [1.54, 1.807) is 4.90 Å². The molecule has 1 saturated carbocycles. The highest BCUT2D eigenvalue weighted by Crippen LogP contribution is 2.28. The Labute approximate surface area is 125 Å². The van der Waals surface area contributed by atoms with Crippen molar-refractivity contribution in [3.8, 4) is 0 Å². The Morgan fingerprint density at radius 1 is 1.10 bits per heavy atom. The number of hydrogen-bond donors (Lipinski definition) is 3. The van der Waals surface area contributed by atoms with Gasteiger partial charge in [-0.1, -0.05) is 0 Å². The van der Waals surface area contributed by atoms with Gasteiger partial charge in [-0.2, -0.15) is 0 Å². The minimum absolute atomic E-state index is 0.0249. The van der Waals surface area contributed by atoms with Crippen molar-refractivity contribution in [2.24, 2.45) is 11.8 Å². The van der Waals surface area contributed by atoms with E-state index in [0.29, 0.717) is 31.8 Å². The largest absolute Gasteiger partial charge is 0.481 e. The predicted octanol–water partition coefficient (Wildman–Crippen LogP) is 1.43. The number of aliphatic hydroxyl groups is 1. The van der Waals surface area contributed by atoms with Gasteiger partial charge >= 0.3 is 12.0 Å².